The van der Waals surface area contributed by atoms with Crippen LogP contribution in [0.1, 0.15) is 28.7 Å². The number of carbonyl (C=O) groups excluding carboxylic acids is 1. The summed E-state index contributed by atoms with van der Waals surface area (Å²) in [5.41, 5.74) is 2.96. The number of hydrogen-bond donors (Lipinski definition) is 1. The van der Waals surface area contributed by atoms with Crippen molar-refractivity contribution < 1.29 is 9.53 Å². The van der Waals surface area contributed by atoms with Gasteiger partial charge < -0.3 is 15.0 Å². The van der Waals surface area contributed by atoms with Crippen molar-refractivity contribution in [2.24, 2.45) is 0 Å². The van der Waals surface area contributed by atoms with E-state index in [9.17, 15) is 4.79 Å². The van der Waals surface area contributed by atoms with Gasteiger partial charge in [0.15, 0.2) is 0 Å². The van der Waals surface area contributed by atoms with Crippen LogP contribution in [-0.4, -0.2) is 37.6 Å². The number of hydrogen-bond acceptors (Lipinski definition) is 5. The summed E-state index contributed by atoms with van der Waals surface area (Å²) < 4.78 is 5.20. The molecule has 152 valence electrons. The molecule has 0 fully saturated rings. The third-order valence-electron chi connectivity index (χ3n) is 4.73. The number of carbonyl (C=O) groups is 1. The molecule has 1 N–H and O–H groups in total. The molecule has 0 aliphatic carbocycles. The van der Waals surface area contributed by atoms with Crippen LogP contribution in [0.2, 0.25) is 0 Å². The maximum absolute atomic E-state index is 12.6. The zero-order valence-electron chi connectivity index (χ0n) is 17.1. The van der Waals surface area contributed by atoms with Crippen molar-refractivity contribution in [1.29, 1.82) is 0 Å². The zero-order chi connectivity index (χ0) is 20.6. The van der Waals surface area contributed by atoms with E-state index in [2.05, 4.69) is 34.3 Å². The first-order valence-electron chi connectivity index (χ1n) is 9.82. The largest absolute Gasteiger partial charge is 0.497 e. The molecule has 0 unspecified atom stereocenters. The number of ether oxygens (including phenoxy) is 1. The van der Waals surface area contributed by atoms with Crippen LogP contribution in [0.4, 0.5) is 5.69 Å². The molecular weight excluding hydrogens is 382 g/mol. The van der Waals surface area contributed by atoms with Crippen LogP contribution in [0.5, 0.6) is 5.75 Å². The molecule has 2 aromatic carbocycles. The van der Waals surface area contributed by atoms with Gasteiger partial charge in [-0.25, -0.2) is 4.98 Å². The predicted molar refractivity (Wildman–Crippen MR) is 120 cm³/mol. The van der Waals surface area contributed by atoms with Crippen LogP contribution < -0.4 is 15.0 Å². The molecule has 6 heteroatoms. The molecule has 0 saturated heterocycles. The van der Waals surface area contributed by atoms with Gasteiger partial charge in [-0.1, -0.05) is 18.2 Å². The molecule has 3 aromatic rings. The van der Waals surface area contributed by atoms with Crippen LogP contribution in [0.3, 0.4) is 0 Å². The summed E-state index contributed by atoms with van der Waals surface area (Å²) in [4.78, 5) is 20.2. The Labute approximate surface area is 176 Å². The fourth-order valence-electron chi connectivity index (χ4n) is 3.12. The van der Waals surface area contributed by atoms with E-state index < -0.39 is 0 Å². The van der Waals surface area contributed by atoms with Crippen molar-refractivity contribution in [2.75, 3.05) is 31.6 Å². The lowest BCUT2D eigenvalue weighted by Crippen LogP contribution is -2.29. The average Bonchev–Trinajstić information content (AvgIpc) is 3.16. The summed E-state index contributed by atoms with van der Waals surface area (Å²) in [7, 11) is 1.64. The number of benzene rings is 2. The summed E-state index contributed by atoms with van der Waals surface area (Å²) in [6.07, 6.45) is 0.887. The van der Waals surface area contributed by atoms with E-state index >= 15 is 0 Å². The van der Waals surface area contributed by atoms with Gasteiger partial charge in [0.1, 0.15) is 15.6 Å². The Morgan fingerprint density at radius 1 is 1.14 bits per heavy atom. The number of aryl methyl sites for hydroxylation is 1. The molecule has 3 rings (SSSR count). The van der Waals surface area contributed by atoms with Crippen molar-refractivity contribution in [2.45, 2.75) is 20.3 Å². The molecule has 0 aliphatic heterocycles. The smallest absolute Gasteiger partial charge is 0.263 e. The van der Waals surface area contributed by atoms with Gasteiger partial charge in [-0.3, -0.25) is 4.79 Å². The zero-order valence-corrected chi connectivity index (χ0v) is 18.0. The van der Waals surface area contributed by atoms with Gasteiger partial charge in [-0.2, -0.15) is 0 Å². The molecule has 1 amide bonds. The minimum Gasteiger partial charge on any atom is -0.497 e. The van der Waals surface area contributed by atoms with Crippen LogP contribution in [0.25, 0.3) is 10.6 Å². The Bertz CT molecular complexity index is 923. The topological polar surface area (TPSA) is 54.5 Å². The van der Waals surface area contributed by atoms with Crippen LogP contribution in [0, 0.1) is 6.92 Å². The molecule has 29 heavy (non-hydrogen) atoms. The second-order valence-corrected chi connectivity index (χ2v) is 7.69. The van der Waals surface area contributed by atoms with E-state index in [-0.39, 0.29) is 5.91 Å². The first-order chi connectivity index (χ1) is 14.1. The highest BCUT2D eigenvalue weighted by atomic mass is 32.1. The van der Waals surface area contributed by atoms with E-state index in [1.54, 1.807) is 7.11 Å². The fourth-order valence-corrected chi connectivity index (χ4v) is 4.11. The summed E-state index contributed by atoms with van der Waals surface area (Å²) in [6.45, 7) is 6.51. The second-order valence-electron chi connectivity index (χ2n) is 6.69. The molecule has 0 radical (unpaired) electrons. The summed E-state index contributed by atoms with van der Waals surface area (Å²) >= 11 is 1.43. The van der Waals surface area contributed by atoms with Crippen molar-refractivity contribution in [3.8, 4) is 16.3 Å². The molecule has 0 bridgehead atoms. The number of aromatic nitrogens is 1. The first kappa shape index (κ1) is 20.9. The fraction of sp³-hybridized carbons (Fsp3) is 0.304. The molecule has 0 spiro atoms. The monoisotopic (exact) mass is 409 g/mol. The van der Waals surface area contributed by atoms with Gasteiger partial charge in [0.2, 0.25) is 0 Å². The number of para-hydroxylation sites is 1. The lowest BCUT2D eigenvalue weighted by molar-refractivity contribution is 0.0956. The van der Waals surface area contributed by atoms with Crippen molar-refractivity contribution in [1.82, 2.24) is 10.3 Å². The van der Waals surface area contributed by atoms with E-state index in [4.69, 9.17) is 4.74 Å². The molecule has 1 aromatic heterocycles. The van der Waals surface area contributed by atoms with Crippen molar-refractivity contribution in [3.63, 3.8) is 0 Å². The van der Waals surface area contributed by atoms with Crippen LogP contribution >= 0.6 is 11.3 Å². The highest BCUT2D eigenvalue weighted by Crippen LogP contribution is 2.29. The maximum atomic E-state index is 12.6. The van der Waals surface area contributed by atoms with E-state index in [0.29, 0.717) is 11.4 Å². The molecule has 5 nitrogen and oxygen atoms in total. The number of rotatable bonds is 9. The van der Waals surface area contributed by atoms with Gasteiger partial charge in [0, 0.05) is 30.9 Å². The van der Waals surface area contributed by atoms with E-state index in [0.717, 1.165) is 41.5 Å². The third kappa shape index (κ3) is 5.35. The standard InChI is InChI=1S/C23H27N3O2S/c1-4-26(19-9-6-5-7-10-19)16-8-15-24-22(27)21-17(2)25-23(29-21)18-11-13-20(28-3)14-12-18/h5-7,9-14H,4,8,15-16H2,1-3H3,(H,24,27). The summed E-state index contributed by atoms with van der Waals surface area (Å²) in [5.74, 6) is 0.749. The Balaban J connectivity index is 1.55. The number of nitrogens with one attached hydrogen (secondary N) is 1. The molecular formula is C23H27N3O2S. The van der Waals surface area contributed by atoms with Gasteiger partial charge in [-0.05, 0) is 56.7 Å². The highest BCUT2D eigenvalue weighted by molar-refractivity contribution is 7.17. The average molecular weight is 410 g/mol. The summed E-state index contributed by atoms with van der Waals surface area (Å²) in [5, 5.41) is 3.88. The van der Waals surface area contributed by atoms with E-state index in [1.165, 1.54) is 17.0 Å². The Morgan fingerprint density at radius 2 is 1.86 bits per heavy atom. The third-order valence-corrected chi connectivity index (χ3v) is 5.94. The number of anilines is 1. The van der Waals surface area contributed by atoms with Crippen LogP contribution in [-0.2, 0) is 0 Å². The SMILES string of the molecule is CCN(CCCNC(=O)c1sc(-c2ccc(OC)cc2)nc1C)c1ccccc1. The quantitative estimate of drug-likeness (QED) is 0.517. The van der Waals surface area contributed by atoms with E-state index in [1.807, 2.05) is 49.4 Å². The number of methoxy groups -OCH3 is 1. The minimum absolute atomic E-state index is 0.0532. The minimum atomic E-state index is -0.0532. The van der Waals surface area contributed by atoms with Gasteiger partial charge in [0.05, 0.1) is 12.8 Å². The molecule has 0 aliphatic rings. The molecule has 1 heterocycles. The van der Waals surface area contributed by atoms with Gasteiger partial charge >= 0.3 is 0 Å². The lowest BCUT2D eigenvalue weighted by Gasteiger charge is -2.23. The van der Waals surface area contributed by atoms with Gasteiger partial charge in [0.25, 0.3) is 5.91 Å². The normalized spacial score (nSPS) is 10.6. The van der Waals surface area contributed by atoms with Crippen molar-refractivity contribution >= 4 is 22.9 Å². The number of amides is 1. The lowest BCUT2D eigenvalue weighted by atomic mass is 10.2. The Hall–Kier alpha value is -2.86. The highest BCUT2D eigenvalue weighted by Gasteiger charge is 2.16. The first-order valence-corrected chi connectivity index (χ1v) is 10.6. The molecule has 0 saturated carbocycles. The predicted octanol–water partition coefficient (Wildman–Crippen LogP) is 4.77. The van der Waals surface area contributed by atoms with Crippen LogP contribution in [0.15, 0.2) is 54.6 Å². The van der Waals surface area contributed by atoms with Gasteiger partial charge in [-0.15, -0.1) is 11.3 Å². The molecule has 0 atom stereocenters. The Morgan fingerprint density at radius 3 is 2.52 bits per heavy atom. The second kappa shape index (κ2) is 10.1. The Kier molecular flexibility index (Phi) is 7.25. The summed E-state index contributed by atoms with van der Waals surface area (Å²) in [6, 6.07) is 18.1. The van der Waals surface area contributed by atoms with Crippen molar-refractivity contribution in [3.05, 3.63) is 65.2 Å². The maximum Gasteiger partial charge on any atom is 0.263 e. The number of thiazole rings is 1. The number of nitrogens with zero attached hydrogens (tertiary/aromatic N) is 2.